The molecule has 0 radical (unpaired) electrons. The Hall–Kier alpha value is -1.13. The van der Waals surface area contributed by atoms with Crippen LogP contribution < -0.4 is 19.9 Å². The average Bonchev–Trinajstić information content (AvgIpc) is 2.47. The lowest BCUT2D eigenvalue weighted by Gasteiger charge is -2.22. The fourth-order valence-electron chi connectivity index (χ4n) is 2.44. The van der Waals surface area contributed by atoms with Gasteiger partial charge in [-0.3, -0.25) is 0 Å². The molecule has 0 aromatic heterocycles. The highest BCUT2D eigenvalue weighted by Crippen LogP contribution is 2.48. The summed E-state index contributed by atoms with van der Waals surface area (Å²) in [5.74, 6) is 2.08. The molecular formula is C15H24ClNO3. The van der Waals surface area contributed by atoms with E-state index in [0.29, 0.717) is 34.7 Å². The molecule has 1 rings (SSSR count). The van der Waals surface area contributed by atoms with Crippen LogP contribution in [0.2, 0.25) is 5.02 Å². The van der Waals surface area contributed by atoms with Gasteiger partial charge < -0.3 is 19.9 Å². The molecule has 0 bridgehead atoms. The van der Waals surface area contributed by atoms with Gasteiger partial charge in [-0.25, -0.2) is 0 Å². The molecule has 0 aliphatic carbocycles. The molecule has 0 saturated heterocycles. The zero-order valence-electron chi connectivity index (χ0n) is 12.7. The van der Waals surface area contributed by atoms with Gasteiger partial charge >= 0.3 is 0 Å². The van der Waals surface area contributed by atoms with Crippen LogP contribution in [-0.2, 0) is 0 Å². The average molecular weight is 302 g/mol. The van der Waals surface area contributed by atoms with Gasteiger partial charge in [0, 0.05) is 5.56 Å². The first-order valence-electron chi connectivity index (χ1n) is 6.82. The van der Waals surface area contributed by atoms with Crippen LogP contribution in [0.4, 0.5) is 0 Å². The molecular weight excluding hydrogens is 278 g/mol. The Morgan fingerprint density at radius 1 is 1.10 bits per heavy atom. The summed E-state index contributed by atoms with van der Waals surface area (Å²) < 4.78 is 16.3. The lowest BCUT2D eigenvalue weighted by Crippen LogP contribution is -2.07. The Bertz CT molecular complexity index is 438. The minimum absolute atomic E-state index is 0.339. The van der Waals surface area contributed by atoms with Gasteiger partial charge in [-0.2, -0.15) is 0 Å². The Labute approximate surface area is 126 Å². The standard InChI is InChI=1S/C15H24ClNO3/c1-5-10(7-6-8-17)11-9-12(16)14(19-3)15(20-4)13(11)18-2/h9-10H,5-8,17H2,1-4H3. The van der Waals surface area contributed by atoms with Crippen molar-refractivity contribution in [3.05, 3.63) is 16.7 Å². The van der Waals surface area contributed by atoms with Gasteiger partial charge in [-0.15, -0.1) is 0 Å². The third kappa shape index (κ3) is 3.49. The van der Waals surface area contributed by atoms with E-state index >= 15 is 0 Å². The van der Waals surface area contributed by atoms with Crippen molar-refractivity contribution in [2.24, 2.45) is 5.73 Å². The Balaban J connectivity index is 3.33. The minimum atomic E-state index is 0.339. The number of benzene rings is 1. The molecule has 1 unspecified atom stereocenters. The summed E-state index contributed by atoms with van der Waals surface area (Å²) >= 11 is 6.29. The summed E-state index contributed by atoms with van der Waals surface area (Å²) in [5.41, 5.74) is 6.66. The van der Waals surface area contributed by atoms with E-state index in [-0.39, 0.29) is 0 Å². The number of ether oxygens (including phenoxy) is 3. The second-order valence-electron chi connectivity index (χ2n) is 4.58. The third-order valence-electron chi connectivity index (χ3n) is 3.48. The number of halogens is 1. The molecule has 1 aromatic rings. The van der Waals surface area contributed by atoms with Crippen molar-refractivity contribution in [1.82, 2.24) is 0 Å². The smallest absolute Gasteiger partial charge is 0.205 e. The summed E-state index contributed by atoms with van der Waals surface area (Å²) in [5, 5.41) is 0.534. The predicted molar refractivity (Wildman–Crippen MR) is 82.4 cm³/mol. The van der Waals surface area contributed by atoms with Crippen LogP contribution in [0.1, 0.15) is 37.7 Å². The van der Waals surface area contributed by atoms with Crippen molar-refractivity contribution in [1.29, 1.82) is 0 Å². The first kappa shape index (κ1) is 16.9. The van der Waals surface area contributed by atoms with E-state index in [1.54, 1.807) is 21.3 Å². The molecule has 0 amide bonds. The minimum Gasteiger partial charge on any atom is -0.492 e. The Morgan fingerprint density at radius 3 is 2.15 bits per heavy atom. The molecule has 1 aromatic carbocycles. The molecule has 1 atom stereocenters. The van der Waals surface area contributed by atoms with Crippen LogP contribution in [0.15, 0.2) is 6.07 Å². The van der Waals surface area contributed by atoms with Gasteiger partial charge in [-0.05, 0) is 37.8 Å². The molecule has 5 heteroatoms. The molecule has 0 spiro atoms. The predicted octanol–water partition coefficient (Wildman–Crippen LogP) is 3.60. The van der Waals surface area contributed by atoms with E-state index < -0.39 is 0 Å². The van der Waals surface area contributed by atoms with Crippen LogP contribution in [-0.4, -0.2) is 27.9 Å². The van der Waals surface area contributed by atoms with Gasteiger partial charge in [-0.1, -0.05) is 18.5 Å². The van der Waals surface area contributed by atoms with E-state index in [9.17, 15) is 0 Å². The zero-order valence-corrected chi connectivity index (χ0v) is 13.4. The Kier molecular flexibility index (Phi) is 6.96. The SMILES string of the molecule is CCC(CCCN)c1cc(Cl)c(OC)c(OC)c1OC. The summed E-state index contributed by atoms with van der Waals surface area (Å²) in [6.07, 6.45) is 2.95. The van der Waals surface area contributed by atoms with Crippen LogP contribution in [0.5, 0.6) is 17.2 Å². The summed E-state index contributed by atoms with van der Waals surface area (Å²) in [6.45, 7) is 2.82. The number of hydrogen-bond donors (Lipinski definition) is 1. The summed E-state index contributed by atoms with van der Waals surface area (Å²) in [6, 6.07) is 1.91. The van der Waals surface area contributed by atoms with E-state index in [0.717, 1.165) is 24.8 Å². The van der Waals surface area contributed by atoms with E-state index in [1.165, 1.54) is 0 Å². The molecule has 0 aliphatic heterocycles. The molecule has 0 saturated carbocycles. The fraction of sp³-hybridized carbons (Fsp3) is 0.600. The first-order valence-corrected chi connectivity index (χ1v) is 7.20. The molecule has 114 valence electrons. The fourth-order valence-corrected chi connectivity index (χ4v) is 2.72. The van der Waals surface area contributed by atoms with Crippen LogP contribution in [0, 0.1) is 0 Å². The third-order valence-corrected chi connectivity index (χ3v) is 3.76. The molecule has 20 heavy (non-hydrogen) atoms. The van der Waals surface area contributed by atoms with Crippen molar-refractivity contribution in [2.75, 3.05) is 27.9 Å². The van der Waals surface area contributed by atoms with Crippen molar-refractivity contribution in [2.45, 2.75) is 32.1 Å². The number of methoxy groups -OCH3 is 3. The maximum atomic E-state index is 6.29. The highest BCUT2D eigenvalue weighted by Gasteiger charge is 2.23. The number of nitrogens with two attached hydrogens (primary N) is 1. The van der Waals surface area contributed by atoms with Gasteiger partial charge in [0.1, 0.15) is 0 Å². The van der Waals surface area contributed by atoms with Crippen molar-refractivity contribution in [3.8, 4) is 17.2 Å². The lowest BCUT2D eigenvalue weighted by atomic mass is 9.90. The first-order chi connectivity index (χ1) is 9.64. The largest absolute Gasteiger partial charge is 0.492 e. The Morgan fingerprint density at radius 2 is 1.70 bits per heavy atom. The highest BCUT2D eigenvalue weighted by molar-refractivity contribution is 6.32. The van der Waals surface area contributed by atoms with Crippen LogP contribution >= 0.6 is 11.6 Å². The number of hydrogen-bond acceptors (Lipinski definition) is 4. The van der Waals surface area contributed by atoms with Gasteiger partial charge in [0.15, 0.2) is 11.5 Å². The van der Waals surface area contributed by atoms with Gasteiger partial charge in [0.2, 0.25) is 5.75 Å². The van der Waals surface area contributed by atoms with Crippen LogP contribution in [0.25, 0.3) is 0 Å². The van der Waals surface area contributed by atoms with E-state index in [2.05, 4.69) is 6.92 Å². The normalized spacial score (nSPS) is 12.1. The topological polar surface area (TPSA) is 53.7 Å². The zero-order chi connectivity index (χ0) is 15.1. The maximum Gasteiger partial charge on any atom is 0.205 e. The molecule has 2 N–H and O–H groups in total. The molecule has 4 nitrogen and oxygen atoms in total. The van der Waals surface area contributed by atoms with Gasteiger partial charge in [0.25, 0.3) is 0 Å². The van der Waals surface area contributed by atoms with E-state index in [4.69, 9.17) is 31.5 Å². The monoisotopic (exact) mass is 301 g/mol. The van der Waals surface area contributed by atoms with Crippen molar-refractivity contribution >= 4 is 11.6 Å². The van der Waals surface area contributed by atoms with E-state index in [1.807, 2.05) is 6.07 Å². The highest BCUT2D eigenvalue weighted by atomic mass is 35.5. The summed E-state index contributed by atoms with van der Waals surface area (Å²) in [4.78, 5) is 0. The second kappa shape index (κ2) is 8.22. The van der Waals surface area contributed by atoms with Crippen molar-refractivity contribution < 1.29 is 14.2 Å². The quantitative estimate of drug-likeness (QED) is 0.797. The molecule has 0 heterocycles. The maximum absolute atomic E-state index is 6.29. The molecule has 0 aliphatic rings. The van der Waals surface area contributed by atoms with Crippen LogP contribution in [0.3, 0.4) is 0 Å². The lowest BCUT2D eigenvalue weighted by molar-refractivity contribution is 0.320. The van der Waals surface area contributed by atoms with Gasteiger partial charge in [0.05, 0.1) is 26.4 Å². The van der Waals surface area contributed by atoms with Crippen molar-refractivity contribution in [3.63, 3.8) is 0 Å². The summed E-state index contributed by atoms with van der Waals surface area (Å²) in [7, 11) is 4.78. The second-order valence-corrected chi connectivity index (χ2v) is 4.99. The molecule has 0 fully saturated rings. The number of rotatable bonds is 8.